The Bertz CT molecular complexity index is 805. The van der Waals surface area contributed by atoms with E-state index < -0.39 is 0 Å². The molecule has 27 heavy (non-hydrogen) atoms. The van der Waals surface area contributed by atoms with E-state index in [2.05, 4.69) is 33.8 Å². The molecule has 0 aromatic heterocycles. The van der Waals surface area contributed by atoms with Gasteiger partial charge in [0.15, 0.2) is 5.96 Å². The Morgan fingerprint density at radius 2 is 2.11 bits per heavy atom. The number of phenolic OH excluding ortho intramolecular Hbond substituents is 1. The molecule has 0 saturated heterocycles. The molecule has 144 valence electrons. The van der Waals surface area contributed by atoms with Crippen LogP contribution < -0.4 is 20.1 Å². The van der Waals surface area contributed by atoms with Crippen LogP contribution in [0.25, 0.3) is 0 Å². The number of hydrogen-bond acceptors (Lipinski definition) is 4. The van der Waals surface area contributed by atoms with Gasteiger partial charge in [-0.2, -0.15) is 0 Å². The maximum Gasteiger partial charge on any atom is 0.191 e. The van der Waals surface area contributed by atoms with Crippen LogP contribution in [-0.4, -0.2) is 37.9 Å². The molecule has 1 heterocycles. The third-order valence-electron chi connectivity index (χ3n) is 4.50. The van der Waals surface area contributed by atoms with Crippen LogP contribution in [-0.2, 0) is 19.4 Å². The van der Waals surface area contributed by atoms with Crippen molar-refractivity contribution in [2.24, 2.45) is 4.99 Å². The zero-order valence-electron chi connectivity index (χ0n) is 15.9. The van der Waals surface area contributed by atoms with E-state index in [9.17, 15) is 5.11 Å². The van der Waals surface area contributed by atoms with Gasteiger partial charge in [0.2, 0.25) is 0 Å². The van der Waals surface area contributed by atoms with Gasteiger partial charge in [0.25, 0.3) is 0 Å². The number of guanidine groups is 1. The summed E-state index contributed by atoms with van der Waals surface area (Å²) < 4.78 is 10.8. The van der Waals surface area contributed by atoms with Gasteiger partial charge in [-0.3, -0.25) is 0 Å². The predicted octanol–water partition coefficient (Wildman–Crippen LogP) is 2.63. The highest BCUT2D eigenvalue weighted by molar-refractivity contribution is 5.79. The maximum absolute atomic E-state index is 10.00. The molecule has 0 fully saturated rings. The van der Waals surface area contributed by atoms with E-state index in [1.54, 1.807) is 25.3 Å². The fourth-order valence-electron chi connectivity index (χ4n) is 3.04. The Morgan fingerprint density at radius 1 is 1.22 bits per heavy atom. The van der Waals surface area contributed by atoms with Crippen molar-refractivity contribution in [3.8, 4) is 17.2 Å². The fourth-order valence-corrected chi connectivity index (χ4v) is 3.04. The largest absolute Gasteiger partial charge is 0.508 e. The molecule has 0 unspecified atom stereocenters. The van der Waals surface area contributed by atoms with Crippen LogP contribution in [0, 0.1) is 0 Å². The van der Waals surface area contributed by atoms with Crippen LogP contribution in [0.5, 0.6) is 17.2 Å². The molecule has 3 rings (SSSR count). The molecular weight excluding hydrogens is 342 g/mol. The molecule has 1 aliphatic rings. The molecule has 2 aromatic rings. The van der Waals surface area contributed by atoms with E-state index in [0.29, 0.717) is 12.3 Å². The van der Waals surface area contributed by atoms with E-state index in [0.717, 1.165) is 49.8 Å². The summed E-state index contributed by atoms with van der Waals surface area (Å²) in [6.45, 7) is 4.72. The summed E-state index contributed by atoms with van der Waals surface area (Å²) in [7, 11) is 1.61. The predicted molar refractivity (Wildman–Crippen MR) is 107 cm³/mol. The number of nitrogens with zero attached hydrogens (tertiary/aromatic N) is 1. The lowest BCUT2D eigenvalue weighted by Crippen LogP contribution is -2.38. The summed E-state index contributed by atoms with van der Waals surface area (Å²) in [6, 6.07) is 11.6. The summed E-state index contributed by atoms with van der Waals surface area (Å²) in [5.41, 5.74) is 3.31. The number of methoxy groups -OCH3 is 1. The van der Waals surface area contributed by atoms with E-state index in [-0.39, 0.29) is 5.75 Å². The van der Waals surface area contributed by atoms with Crippen molar-refractivity contribution in [1.82, 2.24) is 10.6 Å². The van der Waals surface area contributed by atoms with E-state index >= 15 is 0 Å². The second-order valence-electron chi connectivity index (χ2n) is 6.41. The zero-order chi connectivity index (χ0) is 19.1. The Hall–Kier alpha value is -2.89. The quantitative estimate of drug-likeness (QED) is 0.517. The van der Waals surface area contributed by atoms with Crippen molar-refractivity contribution in [3.05, 3.63) is 53.1 Å². The fraction of sp³-hybridized carbons (Fsp3) is 0.381. The summed E-state index contributed by atoms with van der Waals surface area (Å²) >= 11 is 0. The number of rotatable bonds is 7. The molecule has 0 spiro atoms. The van der Waals surface area contributed by atoms with Crippen LogP contribution >= 0.6 is 0 Å². The lowest BCUT2D eigenvalue weighted by molar-refractivity contribution is 0.357. The van der Waals surface area contributed by atoms with Crippen molar-refractivity contribution in [3.63, 3.8) is 0 Å². The Kier molecular flexibility index (Phi) is 6.41. The molecule has 3 N–H and O–H groups in total. The number of nitrogens with one attached hydrogen (secondary N) is 2. The SMILES string of the molecule is CCNC(=NCc1cc(OC)ccc1O)NCCc1ccc2c(c1)CCO2. The van der Waals surface area contributed by atoms with Gasteiger partial charge in [0, 0.05) is 25.1 Å². The molecule has 2 aromatic carbocycles. The van der Waals surface area contributed by atoms with E-state index in [1.807, 2.05) is 6.92 Å². The molecule has 1 aliphatic heterocycles. The molecule has 0 bridgehead atoms. The smallest absolute Gasteiger partial charge is 0.191 e. The molecule has 0 aliphatic carbocycles. The average Bonchev–Trinajstić information content (AvgIpc) is 3.15. The van der Waals surface area contributed by atoms with Gasteiger partial charge >= 0.3 is 0 Å². The van der Waals surface area contributed by atoms with Gasteiger partial charge in [-0.05, 0) is 48.7 Å². The number of benzene rings is 2. The summed E-state index contributed by atoms with van der Waals surface area (Å²) in [4.78, 5) is 4.57. The molecule has 6 heteroatoms. The van der Waals surface area contributed by atoms with Crippen LogP contribution in [0.15, 0.2) is 41.4 Å². The number of aliphatic imine (C=N–C) groups is 1. The first-order valence-corrected chi connectivity index (χ1v) is 9.32. The van der Waals surface area contributed by atoms with Gasteiger partial charge in [-0.25, -0.2) is 4.99 Å². The molecule has 0 atom stereocenters. The lowest BCUT2D eigenvalue weighted by atomic mass is 10.1. The first-order valence-electron chi connectivity index (χ1n) is 9.32. The standard InChI is InChI=1S/C21H27N3O3/c1-3-22-21(24-14-17-13-18(26-2)5-6-19(17)25)23-10-8-15-4-7-20-16(12-15)9-11-27-20/h4-7,12-13,25H,3,8-11,14H2,1-2H3,(H2,22,23,24). The van der Waals surface area contributed by atoms with Crippen molar-refractivity contribution >= 4 is 5.96 Å². The van der Waals surface area contributed by atoms with Crippen molar-refractivity contribution in [1.29, 1.82) is 0 Å². The van der Waals surface area contributed by atoms with Crippen LogP contribution in [0.1, 0.15) is 23.6 Å². The Balaban J connectivity index is 1.57. The van der Waals surface area contributed by atoms with Crippen LogP contribution in [0.4, 0.5) is 0 Å². The second kappa shape index (κ2) is 9.16. The third kappa shape index (κ3) is 5.06. The van der Waals surface area contributed by atoms with Crippen LogP contribution in [0.2, 0.25) is 0 Å². The van der Waals surface area contributed by atoms with Crippen molar-refractivity contribution in [2.45, 2.75) is 26.3 Å². The normalized spacial score (nSPS) is 13.0. The average molecular weight is 369 g/mol. The number of ether oxygens (including phenoxy) is 2. The van der Waals surface area contributed by atoms with E-state index in [1.165, 1.54) is 11.1 Å². The minimum Gasteiger partial charge on any atom is -0.508 e. The molecular formula is C21H27N3O3. The molecule has 6 nitrogen and oxygen atoms in total. The Morgan fingerprint density at radius 3 is 2.93 bits per heavy atom. The lowest BCUT2D eigenvalue weighted by Gasteiger charge is -2.12. The van der Waals surface area contributed by atoms with Gasteiger partial charge in [0.1, 0.15) is 17.2 Å². The highest BCUT2D eigenvalue weighted by atomic mass is 16.5. The molecule has 0 radical (unpaired) electrons. The maximum atomic E-state index is 10.00. The minimum atomic E-state index is 0.218. The highest BCUT2D eigenvalue weighted by Gasteiger charge is 2.11. The van der Waals surface area contributed by atoms with Crippen molar-refractivity contribution < 1.29 is 14.6 Å². The highest BCUT2D eigenvalue weighted by Crippen LogP contribution is 2.26. The number of aromatic hydroxyl groups is 1. The van der Waals surface area contributed by atoms with Crippen molar-refractivity contribution in [2.75, 3.05) is 26.8 Å². The van der Waals surface area contributed by atoms with Gasteiger partial charge in [-0.1, -0.05) is 12.1 Å². The number of phenols is 1. The third-order valence-corrected chi connectivity index (χ3v) is 4.50. The monoisotopic (exact) mass is 369 g/mol. The van der Waals surface area contributed by atoms with Crippen LogP contribution in [0.3, 0.4) is 0 Å². The summed E-state index contributed by atoms with van der Waals surface area (Å²) in [6.07, 6.45) is 1.90. The second-order valence-corrected chi connectivity index (χ2v) is 6.41. The van der Waals surface area contributed by atoms with Gasteiger partial charge in [0.05, 0.1) is 20.3 Å². The van der Waals surface area contributed by atoms with E-state index in [4.69, 9.17) is 9.47 Å². The summed E-state index contributed by atoms with van der Waals surface area (Å²) in [5.74, 6) is 2.66. The first kappa shape index (κ1) is 18.9. The van der Waals surface area contributed by atoms with Gasteiger partial charge in [-0.15, -0.1) is 0 Å². The molecule has 0 saturated carbocycles. The Labute approximate surface area is 160 Å². The minimum absolute atomic E-state index is 0.218. The topological polar surface area (TPSA) is 75.1 Å². The number of hydrogen-bond donors (Lipinski definition) is 3. The molecule has 0 amide bonds. The number of fused-ring (bicyclic) bond motifs is 1. The first-order chi connectivity index (χ1) is 13.2. The summed E-state index contributed by atoms with van der Waals surface area (Å²) in [5, 5.41) is 16.6. The van der Waals surface area contributed by atoms with Gasteiger partial charge < -0.3 is 25.2 Å². The zero-order valence-corrected chi connectivity index (χ0v) is 15.9.